The molecule has 1 N–H and O–H groups in total. The highest BCUT2D eigenvalue weighted by Gasteiger charge is 2.22. The molecule has 0 bridgehead atoms. The van der Waals surface area contributed by atoms with Crippen molar-refractivity contribution < 1.29 is 4.52 Å². The molecule has 5 heteroatoms. The minimum Gasteiger partial charge on any atom is -0.339 e. The van der Waals surface area contributed by atoms with Gasteiger partial charge in [0.1, 0.15) is 0 Å². The van der Waals surface area contributed by atoms with E-state index in [1.165, 1.54) is 0 Å². The highest BCUT2D eigenvalue weighted by Crippen LogP contribution is 2.23. The van der Waals surface area contributed by atoms with Gasteiger partial charge in [-0.05, 0) is 25.1 Å². The Balaban J connectivity index is 1.87. The molecule has 0 aliphatic carbocycles. The third-order valence-electron chi connectivity index (χ3n) is 2.79. The summed E-state index contributed by atoms with van der Waals surface area (Å²) in [4.78, 5) is 8.38. The molecule has 0 aromatic carbocycles. The van der Waals surface area contributed by atoms with E-state index in [0.29, 0.717) is 11.7 Å². The fourth-order valence-corrected chi connectivity index (χ4v) is 1.88. The van der Waals surface area contributed by atoms with Gasteiger partial charge in [0.15, 0.2) is 0 Å². The van der Waals surface area contributed by atoms with Gasteiger partial charge in [-0.2, -0.15) is 4.98 Å². The summed E-state index contributed by atoms with van der Waals surface area (Å²) in [5, 5.41) is 7.27. The molecule has 5 nitrogen and oxygen atoms in total. The van der Waals surface area contributed by atoms with Crippen molar-refractivity contribution in [1.82, 2.24) is 20.4 Å². The fraction of sp³-hybridized carbons (Fsp3) is 0.364. The molecule has 1 aliphatic heterocycles. The molecule has 0 radical (unpaired) electrons. The van der Waals surface area contributed by atoms with Crippen molar-refractivity contribution >= 4 is 0 Å². The molecule has 1 saturated heterocycles. The van der Waals surface area contributed by atoms with E-state index in [-0.39, 0.29) is 0 Å². The van der Waals surface area contributed by atoms with Crippen molar-refractivity contribution in [2.24, 2.45) is 0 Å². The second-order valence-electron chi connectivity index (χ2n) is 3.88. The molecule has 82 valence electrons. The monoisotopic (exact) mass is 216 g/mol. The van der Waals surface area contributed by atoms with Crippen LogP contribution in [0.25, 0.3) is 11.4 Å². The summed E-state index contributed by atoms with van der Waals surface area (Å²) in [5.41, 5.74) is 0.941. The van der Waals surface area contributed by atoms with E-state index in [9.17, 15) is 0 Å². The topological polar surface area (TPSA) is 63.8 Å². The quantitative estimate of drug-likeness (QED) is 0.817. The SMILES string of the molecule is c1cc(-c2noc(C3CCNC3)n2)ccn1. The van der Waals surface area contributed by atoms with Crippen LogP contribution in [0, 0.1) is 0 Å². The maximum atomic E-state index is 5.28. The summed E-state index contributed by atoms with van der Waals surface area (Å²) in [7, 11) is 0. The number of nitrogens with zero attached hydrogens (tertiary/aromatic N) is 3. The zero-order chi connectivity index (χ0) is 10.8. The number of hydrogen-bond acceptors (Lipinski definition) is 5. The number of hydrogen-bond donors (Lipinski definition) is 1. The van der Waals surface area contributed by atoms with Crippen molar-refractivity contribution in [3.05, 3.63) is 30.4 Å². The number of pyridine rings is 1. The van der Waals surface area contributed by atoms with Crippen molar-refractivity contribution in [1.29, 1.82) is 0 Å². The van der Waals surface area contributed by atoms with E-state index in [1.54, 1.807) is 12.4 Å². The van der Waals surface area contributed by atoms with Crippen molar-refractivity contribution in [3.8, 4) is 11.4 Å². The molecule has 1 unspecified atom stereocenters. The summed E-state index contributed by atoms with van der Waals surface area (Å²) in [6.45, 7) is 1.95. The van der Waals surface area contributed by atoms with Crippen LogP contribution in [-0.4, -0.2) is 28.2 Å². The minimum atomic E-state index is 0.364. The van der Waals surface area contributed by atoms with Gasteiger partial charge >= 0.3 is 0 Å². The highest BCUT2D eigenvalue weighted by molar-refractivity contribution is 5.52. The third-order valence-corrected chi connectivity index (χ3v) is 2.79. The smallest absolute Gasteiger partial charge is 0.231 e. The second kappa shape index (κ2) is 4.02. The van der Waals surface area contributed by atoms with Gasteiger partial charge in [-0.3, -0.25) is 4.98 Å². The summed E-state index contributed by atoms with van der Waals surface area (Å²) in [6.07, 6.45) is 4.52. The van der Waals surface area contributed by atoms with Gasteiger partial charge in [0, 0.05) is 24.5 Å². The fourth-order valence-electron chi connectivity index (χ4n) is 1.88. The van der Waals surface area contributed by atoms with Crippen LogP contribution in [0.15, 0.2) is 29.0 Å². The van der Waals surface area contributed by atoms with Gasteiger partial charge in [-0.25, -0.2) is 0 Å². The first kappa shape index (κ1) is 9.47. The lowest BCUT2D eigenvalue weighted by Crippen LogP contribution is -2.08. The van der Waals surface area contributed by atoms with Crippen LogP contribution in [0.5, 0.6) is 0 Å². The maximum absolute atomic E-state index is 5.28. The third kappa shape index (κ3) is 1.69. The van der Waals surface area contributed by atoms with Crippen LogP contribution >= 0.6 is 0 Å². The first-order valence-electron chi connectivity index (χ1n) is 5.38. The van der Waals surface area contributed by atoms with E-state index >= 15 is 0 Å². The molecular formula is C11H12N4O. The molecule has 2 aromatic heterocycles. The Morgan fingerprint density at radius 1 is 1.31 bits per heavy atom. The Morgan fingerprint density at radius 2 is 2.19 bits per heavy atom. The lowest BCUT2D eigenvalue weighted by atomic mass is 10.1. The summed E-state index contributed by atoms with van der Waals surface area (Å²) >= 11 is 0. The van der Waals surface area contributed by atoms with Gasteiger partial charge in [0.05, 0.1) is 5.92 Å². The van der Waals surface area contributed by atoms with E-state index in [4.69, 9.17) is 4.52 Å². The van der Waals surface area contributed by atoms with Gasteiger partial charge in [-0.15, -0.1) is 0 Å². The van der Waals surface area contributed by atoms with Crippen LogP contribution in [0.4, 0.5) is 0 Å². The van der Waals surface area contributed by atoms with Gasteiger partial charge in [0.2, 0.25) is 11.7 Å². The molecule has 3 heterocycles. The highest BCUT2D eigenvalue weighted by atomic mass is 16.5. The van der Waals surface area contributed by atoms with Gasteiger partial charge in [-0.1, -0.05) is 5.16 Å². The van der Waals surface area contributed by atoms with Crippen LogP contribution in [0.3, 0.4) is 0 Å². The molecule has 1 aliphatic rings. The van der Waals surface area contributed by atoms with E-state index in [2.05, 4.69) is 20.4 Å². The van der Waals surface area contributed by atoms with E-state index < -0.39 is 0 Å². The van der Waals surface area contributed by atoms with Crippen molar-refractivity contribution in [3.63, 3.8) is 0 Å². The maximum Gasteiger partial charge on any atom is 0.231 e. The normalized spacial score (nSPS) is 20.1. The molecule has 16 heavy (non-hydrogen) atoms. The molecule has 1 fully saturated rings. The lowest BCUT2D eigenvalue weighted by molar-refractivity contribution is 0.359. The van der Waals surface area contributed by atoms with E-state index in [1.807, 2.05) is 12.1 Å². The predicted octanol–water partition coefficient (Wildman–Crippen LogP) is 1.21. The zero-order valence-corrected chi connectivity index (χ0v) is 8.76. The van der Waals surface area contributed by atoms with Crippen LogP contribution in [0.2, 0.25) is 0 Å². The Bertz CT molecular complexity index is 462. The first-order valence-corrected chi connectivity index (χ1v) is 5.38. The number of nitrogens with one attached hydrogen (secondary N) is 1. The van der Waals surface area contributed by atoms with Crippen molar-refractivity contribution in [2.75, 3.05) is 13.1 Å². The number of rotatable bonds is 2. The molecule has 1 atom stereocenters. The first-order chi connectivity index (χ1) is 7.93. The second-order valence-corrected chi connectivity index (χ2v) is 3.88. The lowest BCUT2D eigenvalue weighted by Gasteiger charge is -1.98. The van der Waals surface area contributed by atoms with E-state index in [0.717, 1.165) is 31.0 Å². The minimum absolute atomic E-state index is 0.364. The zero-order valence-electron chi connectivity index (χ0n) is 8.76. The molecule has 0 saturated carbocycles. The van der Waals surface area contributed by atoms with Gasteiger partial charge in [0.25, 0.3) is 0 Å². The van der Waals surface area contributed by atoms with Crippen LogP contribution in [0.1, 0.15) is 18.2 Å². The predicted molar refractivity (Wildman–Crippen MR) is 57.8 cm³/mol. The summed E-state index contributed by atoms with van der Waals surface area (Å²) in [5.74, 6) is 1.74. The summed E-state index contributed by atoms with van der Waals surface area (Å²) in [6, 6.07) is 3.75. The summed E-state index contributed by atoms with van der Waals surface area (Å²) < 4.78 is 5.28. The van der Waals surface area contributed by atoms with Crippen molar-refractivity contribution in [2.45, 2.75) is 12.3 Å². The van der Waals surface area contributed by atoms with Crippen LogP contribution < -0.4 is 5.32 Å². The average Bonchev–Trinajstić information content (AvgIpc) is 3.01. The van der Waals surface area contributed by atoms with Gasteiger partial charge < -0.3 is 9.84 Å². The molecule has 3 rings (SSSR count). The molecule has 0 spiro atoms. The Hall–Kier alpha value is -1.75. The standard InChI is InChI=1S/C11H12N4O/c1-4-12-5-2-8(1)10-14-11(16-15-10)9-3-6-13-7-9/h1-2,4-5,9,13H,3,6-7H2. The van der Waals surface area contributed by atoms with Crippen LogP contribution in [-0.2, 0) is 0 Å². The largest absolute Gasteiger partial charge is 0.339 e. The average molecular weight is 216 g/mol. The molecular weight excluding hydrogens is 204 g/mol. The Labute approximate surface area is 92.9 Å². The molecule has 2 aromatic rings. The molecule has 0 amide bonds. The number of aromatic nitrogens is 3. The Morgan fingerprint density at radius 3 is 2.94 bits per heavy atom. The Kier molecular flexibility index (Phi) is 2.38.